The highest BCUT2D eigenvalue weighted by Gasteiger charge is 2.37. The van der Waals surface area contributed by atoms with Crippen LogP contribution in [-0.4, -0.2) is 48.2 Å². The number of anilines is 1. The van der Waals surface area contributed by atoms with Crippen molar-refractivity contribution in [2.45, 2.75) is 25.4 Å². The van der Waals surface area contributed by atoms with Gasteiger partial charge in [0.05, 0.1) is 11.7 Å². The number of benzene rings is 1. The summed E-state index contributed by atoms with van der Waals surface area (Å²) >= 11 is 0. The van der Waals surface area contributed by atoms with E-state index in [1.54, 1.807) is 18.2 Å². The lowest BCUT2D eigenvalue weighted by atomic mass is 10.0. The van der Waals surface area contributed by atoms with Gasteiger partial charge in [-0.2, -0.15) is 0 Å². The summed E-state index contributed by atoms with van der Waals surface area (Å²) in [4.78, 5) is 15.9. The van der Waals surface area contributed by atoms with Gasteiger partial charge in [-0.1, -0.05) is 12.1 Å². The van der Waals surface area contributed by atoms with E-state index in [0.717, 1.165) is 0 Å². The quantitative estimate of drug-likeness (QED) is 0.895. The number of carbonyl (C=O) groups is 1. The third-order valence-electron chi connectivity index (χ3n) is 3.56. The first kappa shape index (κ1) is 14.0. The molecule has 0 radical (unpaired) electrons. The number of piperazine rings is 1. The van der Waals surface area contributed by atoms with Gasteiger partial charge in [-0.05, 0) is 32.5 Å². The Labute approximate surface area is 112 Å². The van der Waals surface area contributed by atoms with Gasteiger partial charge in [0.15, 0.2) is 0 Å². The molecule has 1 aromatic carbocycles. The van der Waals surface area contributed by atoms with E-state index in [1.165, 1.54) is 11.0 Å². The molecular formula is C14H19FN2O2. The van der Waals surface area contributed by atoms with Crippen molar-refractivity contribution in [3.05, 3.63) is 30.1 Å². The van der Waals surface area contributed by atoms with Crippen molar-refractivity contribution in [2.24, 2.45) is 0 Å². The lowest BCUT2D eigenvalue weighted by molar-refractivity contribution is -0.126. The first-order valence-electron chi connectivity index (χ1n) is 6.45. The maximum Gasteiger partial charge on any atom is 0.244 e. The smallest absolute Gasteiger partial charge is 0.244 e. The van der Waals surface area contributed by atoms with Crippen LogP contribution in [0.1, 0.15) is 13.3 Å². The van der Waals surface area contributed by atoms with E-state index in [2.05, 4.69) is 0 Å². The highest BCUT2D eigenvalue weighted by Crippen LogP contribution is 2.27. The summed E-state index contributed by atoms with van der Waals surface area (Å²) in [6.07, 6.45) is 0.368. The molecule has 104 valence electrons. The first-order chi connectivity index (χ1) is 9.06. The summed E-state index contributed by atoms with van der Waals surface area (Å²) in [5.41, 5.74) is 0.316. The lowest BCUT2D eigenvalue weighted by Gasteiger charge is -2.43. The fourth-order valence-corrected chi connectivity index (χ4v) is 2.66. The second-order valence-electron chi connectivity index (χ2n) is 4.98. The zero-order valence-electron chi connectivity index (χ0n) is 11.2. The van der Waals surface area contributed by atoms with E-state index in [9.17, 15) is 9.18 Å². The van der Waals surface area contributed by atoms with Crippen molar-refractivity contribution < 1.29 is 14.3 Å². The van der Waals surface area contributed by atoms with Gasteiger partial charge >= 0.3 is 0 Å². The Balaban J connectivity index is 2.33. The van der Waals surface area contributed by atoms with E-state index in [4.69, 9.17) is 5.11 Å². The van der Waals surface area contributed by atoms with E-state index in [-0.39, 0.29) is 24.6 Å². The number of hydrogen-bond acceptors (Lipinski definition) is 3. The molecule has 1 aromatic rings. The fourth-order valence-electron chi connectivity index (χ4n) is 2.66. The van der Waals surface area contributed by atoms with Gasteiger partial charge in [0.1, 0.15) is 5.82 Å². The van der Waals surface area contributed by atoms with Gasteiger partial charge < -0.3 is 10.0 Å². The number of para-hydroxylation sites is 1. The van der Waals surface area contributed by atoms with Crippen LogP contribution in [0.15, 0.2) is 24.3 Å². The van der Waals surface area contributed by atoms with Gasteiger partial charge in [-0.15, -0.1) is 0 Å². The Morgan fingerprint density at radius 1 is 1.42 bits per heavy atom. The molecule has 1 N–H and O–H groups in total. The molecule has 0 saturated carbocycles. The van der Waals surface area contributed by atoms with Crippen molar-refractivity contribution in [1.82, 2.24) is 4.90 Å². The molecular weight excluding hydrogens is 247 g/mol. The second-order valence-corrected chi connectivity index (χ2v) is 4.98. The number of carbonyl (C=O) groups excluding carboxylic acids is 1. The van der Waals surface area contributed by atoms with Crippen LogP contribution in [0.5, 0.6) is 0 Å². The maximum absolute atomic E-state index is 13.9. The van der Waals surface area contributed by atoms with Gasteiger partial charge in [-0.3, -0.25) is 9.69 Å². The largest absolute Gasteiger partial charge is 0.396 e. The minimum absolute atomic E-state index is 0.0553. The van der Waals surface area contributed by atoms with Crippen LogP contribution in [-0.2, 0) is 4.79 Å². The van der Waals surface area contributed by atoms with Gasteiger partial charge in [-0.25, -0.2) is 4.39 Å². The summed E-state index contributed by atoms with van der Waals surface area (Å²) in [5.74, 6) is -0.546. The minimum atomic E-state index is -0.394. The molecule has 1 saturated heterocycles. The molecule has 2 rings (SSSR count). The van der Waals surface area contributed by atoms with Crippen LogP contribution in [0.25, 0.3) is 0 Å². The highest BCUT2D eigenvalue weighted by atomic mass is 19.1. The Morgan fingerprint density at radius 2 is 2.11 bits per heavy atom. The van der Waals surface area contributed by atoms with Gasteiger partial charge in [0.2, 0.25) is 5.91 Å². The van der Waals surface area contributed by atoms with Crippen LogP contribution in [0.3, 0.4) is 0 Å². The van der Waals surface area contributed by atoms with Crippen molar-refractivity contribution in [1.29, 1.82) is 0 Å². The molecule has 0 bridgehead atoms. The molecule has 2 unspecified atom stereocenters. The summed E-state index contributed by atoms with van der Waals surface area (Å²) in [6, 6.07) is 5.82. The standard InChI is InChI=1S/C14H19FN2O2/c1-10-9-16(2)13(7-8-18)14(19)17(10)12-6-4-3-5-11(12)15/h3-6,10,13,18H,7-9H2,1-2H3. The van der Waals surface area contributed by atoms with Crippen LogP contribution in [0.4, 0.5) is 10.1 Å². The number of likely N-dealkylation sites (N-methyl/N-ethyl adjacent to an activating group) is 1. The average Bonchev–Trinajstić information content (AvgIpc) is 2.36. The van der Waals surface area contributed by atoms with Crippen LogP contribution in [0, 0.1) is 5.82 Å². The Hall–Kier alpha value is -1.46. The van der Waals surface area contributed by atoms with Crippen LogP contribution in [0.2, 0.25) is 0 Å². The zero-order valence-corrected chi connectivity index (χ0v) is 11.2. The molecule has 0 aliphatic carbocycles. The van der Waals surface area contributed by atoms with Crippen molar-refractivity contribution in [3.8, 4) is 0 Å². The number of amides is 1. The molecule has 0 spiro atoms. The molecule has 1 heterocycles. The molecule has 1 aliphatic rings. The minimum Gasteiger partial charge on any atom is -0.396 e. The third kappa shape index (κ3) is 2.62. The maximum atomic E-state index is 13.9. The van der Waals surface area contributed by atoms with Crippen molar-refractivity contribution in [2.75, 3.05) is 25.1 Å². The lowest BCUT2D eigenvalue weighted by Crippen LogP contribution is -2.60. The van der Waals surface area contributed by atoms with Gasteiger partial charge in [0, 0.05) is 19.2 Å². The SMILES string of the molecule is CC1CN(C)C(CCO)C(=O)N1c1ccccc1F. The molecule has 19 heavy (non-hydrogen) atoms. The zero-order chi connectivity index (χ0) is 14.0. The number of hydrogen-bond donors (Lipinski definition) is 1. The molecule has 0 aromatic heterocycles. The number of halogens is 1. The molecule has 4 nitrogen and oxygen atoms in total. The van der Waals surface area contributed by atoms with E-state index in [1.807, 2.05) is 18.9 Å². The number of nitrogens with zero attached hydrogens (tertiary/aromatic N) is 2. The van der Waals surface area contributed by atoms with Crippen molar-refractivity contribution >= 4 is 11.6 Å². The number of aliphatic hydroxyl groups is 1. The summed E-state index contributed by atoms with van der Waals surface area (Å²) in [6.45, 7) is 2.50. The summed E-state index contributed by atoms with van der Waals surface area (Å²) in [7, 11) is 1.85. The number of rotatable bonds is 3. The summed E-state index contributed by atoms with van der Waals surface area (Å²) < 4.78 is 13.9. The van der Waals surface area contributed by atoms with Gasteiger partial charge in [0.25, 0.3) is 0 Å². The predicted octanol–water partition coefficient (Wildman–Crippen LogP) is 1.24. The van der Waals surface area contributed by atoms with Crippen molar-refractivity contribution in [3.63, 3.8) is 0 Å². The van der Waals surface area contributed by atoms with E-state index < -0.39 is 5.82 Å². The Morgan fingerprint density at radius 3 is 2.74 bits per heavy atom. The Bertz CT molecular complexity index is 467. The normalized spacial score (nSPS) is 24.8. The molecule has 5 heteroatoms. The average molecular weight is 266 g/mol. The Kier molecular flexibility index (Phi) is 4.17. The monoisotopic (exact) mass is 266 g/mol. The predicted molar refractivity (Wildman–Crippen MR) is 71.5 cm³/mol. The van der Waals surface area contributed by atoms with E-state index in [0.29, 0.717) is 18.7 Å². The highest BCUT2D eigenvalue weighted by molar-refractivity contribution is 5.98. The number of aliphatic hydroxyl groups excluding tert-OH is 1. The van der Waals surface area contributed by atoms with Crippen LogP contribution < -0.4 is 4.90 Å². The molecule has 2 atom stereocenters. The topological polar surface area (TPSA) is 43.8 Å². The molecule has 1 aliphatic heterocycles. The summed E-state index contributed by atoms with van der Waals surface area (Å²) in [5, 5.41) is 9.06. The fraction of sp³-hybridized carbons (Fsp3) is 0.500. The molecule has 1 amide bonds. The second kappa shape index (κ2) is 5.67. The van der Waals surface area contributed by atoms with Crippen LogP contribution >= 0.6 is 0 Å². The molecule has 1 fully saturated rings. The third-order valence-corrected chi connectivity index (χ3v) is 3.56. The van der Waals surface area contributed by atoms with E-state index >= 15 is 0 Å². The first-order valence-corrected chi connectivity index (χ1v) is 6.45.